The zero-order valence-corrected chi connectivity index (χ0v) is 13.2. The molecule has 0 bridgehead atoms. The number of anilines is 1. The van der Waals surface area contributed by atoms with E-state index in [9.17, 15) is 4.79 Å². The Morgan fingerprint density at radius 3 is 2.33 bits per heavy atom. The molecule has 0 saturated carbocycles. The number of nitrogens with one attached hydrogen (secondary N) is 2. The lowest BCUT2D eigenvalue weighted by molar-refractivity contribution is -0.115. The molecule has 0 atom stereocenters. The molecule has 0 radical (unpaired) electrons. The highest BCUT2D eigenvalue weighted by Gasteiger charge is 2.08. The third kappa shape index (κ3) is 6.49. The van der Waals surface area contributed by atoms with Gasteiger partial charge in [-0.15, -0.1) is 0 Å². The van der Waals surface area contributed by atoms with Crippen LogP contribution in [0.1, 0.15) is 33.6 Å². The topological polar surface area (TPSA) is 59.6 Å². The summed E-state index contributed by atoms with van der Waals surface area (Å²) in [5, 5.41) is 5.83. The number of benzene rings is 1. The monoisotopic (exact) mass is 294 g/mol. The van der Waals surface area contributed by atoms with Crippen LogP contribution in [-0.2, 0) is 4.79 Å². The van der Waals surface area contributed by atoms with Crippen molar-refractivity contribution in [3.05, 3.63) is 18.2 Å². The molecule has 0 aliphatic heterocycles. The van der Waals surface area contributed by atoms with E-state index in [1.165, 1.54) is 0 Å². The van der Waals surface area contributed by atoms with E-state index in [-0.39, 0.29) is 5.91 Å². The molecule has 0 aliphatic rings. The molecule has 1 aromatic carbocycles. The van der Waals surface area contributed by atoms with Gasteiger partial charge in [0.1, 0.15) is 0 Å². The van der Waals surface area contributed by atoms with Crippen LogP contribution < -0.4 is 20.1 Å². The largest absolute Gasteiger partial charge is 0.490 e. The van der Waals surface area contributed by atoms with Crippen molar-refractivity contribution in [3.63, 3.8) is 0 Å². The predicted octanol–water partition coefficient (Wildman–Crippen LogP) is 2.81. The van der Waals surface area contributed by atoms with E-state index in [0.29, 0.717) is 31.2 Å². The molecule has 0 fully saturated rings. The average Bonchev–Trinajstić information content (AvgIpc) is 2.49. The third-order valence-corrected chi connectivity index (χ3v) is 2.69. The fourth-order valence-corrected chi connectivity index (χ4v) is 1.69. The van der Waals surface area contributed by atoms with E-state index in [1.807, 2.05) is 25.1 Å². The summed E-state index contributed by atoms with van der Waals surface area (Å²) in [5.41, 5.74) is 0.716. The number of carbonyl (C=O) groups is 1. The van der Waals surface area contributed by atoms with E-state index in [1.54, 1.807) is 0 Å². The minimum absolute atomic E-state index is 0.0690. The Kier molecular flexibility index (Phi) is 8.28. The van der Waals surface area contributed by atoms with Gasteiger partial charge in [0.25, 0.3) is 0 Å². The third-order valence-electron chi connectivity index (χ3n) is 2.69. The van der Waals surface area contributed by atoms with Crippen LogP contribution in [0.25, 0.3) is 0 Å². The summed E-state index contributed by atoms with van der Waals surface area (Å²) < 4.78 is 11.4. The first-order valence-corrected chi connectivity index (χ1v) is 7.61. The van der Waals surface area contributed by atoms with Crippen molar-refractivity contribution in [2.45, 2.75) is 33.6 Å². The average molecular weight is 294 g/mol. The predicted molar refractivity (Wildman–Crippen MR) is 85.2 cm³/mol. The van der Waals surface area contributed by atoms with Crippen LogP contribution in [-0.4, -0.2) is 32.2 Å². The molecule has 5 nitrogen and oxygen atoms in total. The van der Waals surface area contributed by atoms with Crippen LogP contribution in [0.5, 0.6) is 11.5 Å². The molecule has 5 heteroatoms. The normalized spacial score (nSPS) is 10.2. The van der Waals surface area contributed by atoms with Gasteiger partial charge in [-0.05, 0) is 31.5 Å². The Morgan fingerprint density at radius 2 is 1.71 bits per heavy atom. The van der Waals surface area contributed by atoms with Crippen LogP contribution in [0.3, 0.4) is 0 Å². The molecule has 0 spiro atoms. The van der Waals surface area contributed by atoms with Gasteiger partial charge in [0.05, 0.1) is 19.8 Å². The van der Waals surface area contributed by atoms with Crippen LogP contribution in [0.2, 0.25) is 0 Å². The minimum Gasteiger partial charge on any atom is -0.490 e. The quantitative estimate of drug-likeness (QED) is 0.696. The number of ether oxygens (including phenoxy) is 2. The van der Waals surface area contributed by atoms with Crippen molar-refractivity contribution in [1.82, 2.24) is 5.32 Å². The number of amides is 1. The first-order valence-electron chi connectivity index (χ1n) is 7.61. The van der Waals surface area contributed by atoms with Crippen molar-refractivity contribution >= 4 is 11.6 Å². The second kappa shape index (κ2) is 10.0. The molecule has 21 heavy (non-hydrogen) atoms. The maximum absolute atomic E-state index is 11.7. The van der Waals surface area contributed by atoms with Crippen molar-refractivity contribution in [1.29, 1.82) is 0 Å². The fraction of sp³-hybridized carbons (Fsp3) is 0.562. The number of hydrogen-bond acceptors (Lipinski definition) is 4. The van der Waals surface area contributed by atoms with Crippen LogP contribution in [0, 0.1) is 0 Å². The molecule has 0 saturated heterocycles. The van der Waals surface area contributed by atoms with Crippen molar-refractivity contribution in [2.24, 2.45) is 0 Å². The first kappa shape index (κ1) is 17.3. The second-order valence-electron chi connectivity index (χ2n) is 4.69. The number of carbonyl (C=O) groups excluding carboxylic acids is 1. The van der Waals surface area contributed by atoms with E-state index in [2.05, 4.69) is 24.5 Å². The molecule has 2 N–H and O–H groups in total. The molecule has 0 heterocycles. The number of hydrogen-bond donors (Lipinski definition) is 2. The molecular weight excluding hydrogens is 268 g/mol. The SMILES string of the molecule is CCCOc1ccc(NC(=O)CNCC)cc1OCCC. The summed E-state index contributed by atoms with van der Waals surface area (Å²) in [4.78, 5) is 11.7. The molecule has 0 aromatic heterocycles. The Labute approximate surface area is 127 Å². The van der Waals surface area contributed by atoms with E-state index >= 15 is 0 Å². The van der Waals surface area contributed by atoms with Crippen LogP contribution in [0.4, 0.5) is 5.69 Å². The van der Waals surface area contributed by atoms with Gasteiger partial charge in [0, 0.05) is 11.8 Å². The lowest BCUT2D eigenvalue weighted by atomic mass is 10.2. The van der Waals surface area contributed by atoms with Gasteiger partial charge >= 0.3 is 0 Å². The van der Waals surface area contributed by atoms with Crippen LogP contribution in [0.15, 0.2) is 18.2 Å². The zero-order chi connectivity index (χ0) is 15.5. The summed E-state index contributed by atoms with van der Waals surface area (Å²) in [6.07, 6.45) is 1.86. The lowest BCUT2D eigenvalue weighted by Gasteiger charge is -2.14. The fourth-order valence-electron chi connectivity index (χ4n) is 1.69. The molecule has 1 amide bonds. The molecule has 1 aromatic rings. The van der Waals surface area contributed by atoms with Crippen molar-refractivity contribution in [3.8, 4) is 11.5 Å². The Hall–Kier alpha value is -1.75. The zero-order valence-electron chi connectivity index (χ0n) is 13.2. The van der Waals surface area contributed by atoms with Gasteiger partial charge in [0.15, 0.2) is 11.5 Å². The Balaban J connectivity index is 2.74. The van der Waals surface area contributed by atoms with Gasteiger partial charge in [-0.25, -0.2) is 0 Å². The van der Waals surface area contributed by atoms with E-state index in [0.717, 1.165) is 25.1 Å². The highest BCUT2D eigenvalue weighted by atomic mass is 16.5. The highest BCUT2D eigenvalue weighted by Crippen LogP contribution is 2.30. The second-order valence-corrected chi connectivity index (χ2v) is 4.69. The maximum Gasteiger partial charge on any atom is 0.238 e. The van der Waals surface area contributed by atoms with E-state index in [4.69, 9.17) is 9.47 Å². The van der Waals surface area contributed by atoms with Crippen molar-refractivity contribution < 1.29 is 14.3 Å². The van der Waals surface area contributed by atoms with Crippen molar-refractivity contribution in [2.75, 3.05) is 31.6 Å². The summed E-state index contributed by atoms with van der Waals surface area (Å²) in [7, 11) is 0. The smallest absolute Gasteiger partial charge is 0.238 e. The Morgan fingerprint density at radius 1 is 1.05 bits per heavy atom. The number of likely N-dealkylation sites (N-methyl/N-ethyl adjacent to an activating group) is 1. The summed E-state index contributed by atoms with van der Waals surface area (Å²) in [5.74, 6) is 1.32. The van der Waals surface area contributed by atoms with Gasteiger partial charge in [-0.3, -0.25) is 4.79 Å². The Bertz CT molecular complexity index is 436. The maximum atomic E-state index is 11.7. The minimum atomic E-state index is -0.0690. The molecular formula is C16H26N2O3. The molecule has 118 valence electrons. The van der Waals surface area contributed by atoms with Crippen LogP contribution >= 0.6 is 0 Å². The molecule has 0 aliphatic carbocycles. The summed E-state index contributed by atoms with van der Waals surface area (Å²) in [6.45, 7) is 8.41. The molecule has 1 rings (SSSR count). The van der Waals surface area contributed by atoms with Gasteiger partial charge in [0.2, 0.25) is 5.91 Å². The standard InChI is InChI=1S/C16H26N2O3/c1-4-9-20-14-8-7-13(11-15(14)21-10-5-2)18-16(19)12-17-6-3/h7-8,11,17H,4-6,9-10,12H2,1-3H3,(H,18,19). The highest BCUT2D eigenvalue weighted by molar-refractivity contribution is 5.92. The van der Waals surface area contributed by atoms with Gasteiger partial charge < -0.3 is 20.1 Å². The van der Waals surface area contributed by atoms with Gasteiger partial charge in [-0.1, -0.05) is 20.8 Å². The summed E-state index contributed by atoms with van der Waals surface area (Å²) >= 11 is 0. The number of rotatable bonds is 10. The first-order chi connectivity index (χ1) is 10.2. The summed E-state index contributed by atoms with van der Waals surface area (Å²) in [6, 6.07) is 5.47. The molecule has 0 unspecified atom stereocenters. The lowest BCUT2D eigenvalue weighted by Crippen LogP contribution is -2.27. The van der Waals surface area contributed by atoms with E-state index < -0.39 is 0 Å². The van der Waals surface area contributed by atoms with Gasteiger partial charge in [-0.2, -0.15) is 0 Å².